The molecule has 5 nitrogen and oxygen atoms in total. The molecule has 0 saturated carbocycles. The molecule has 0 bridgehead atoms. The van der Waals surface area contributed by atoms with Gasteiger partial charge < -0.3 is 15.2 Å². The predicted octanol–water partition coefficient (Wildman–Crippen LogP) is 2.04. The summed E-state index contributed by atoms with van der Waals surface area (Å²) in [6.45, 7) is 4.15. The van der Waals surface area contributed by atoms with Crippen molar-refractivity contribution in [2.45, 2.75) is 25.8 Å². The summed E-state index contributed by atoms with van der Waals surface area (Å²) in [7, 11) is 1.38. The number of nitrogens with one attached hydrogen (secondary N) is 1. The first kappa shape index (κ1) is 16.9. The largest absolute Gasteiger partial charge is 0.480 e. The average Bonchev–Trinajstić information content (AvgIpc) is 2.45. The van der Waals surface area contributed by atoms with Gasteiger partial charge in [0, 0.05) is 13.2 Å². The van der Waals surface area contributed by atoms with Crippen molar-refractivity contribution in [1.29, 1.82) is 0 Å². The van der Waals surface area contributed by atoms with E-state index in [1.807, 2.05) is 24.3 Å². The van der Waals surface area contributed by atoms with Gasteiger partial charge in [0.1, 0.15) is 0 Å². The van der Waals surface area contributed by atoms with Crippen molar-refractivity contribution in [3.63, 3.8) is 0 Å². The number of hydrogen-bond donors (Lipinski definition) is 2. The number of hydrogen-bond acceptors (Lipinski definition) is 3. The van der Waals surface area contributed by atoms with Crippen molar-refractivity contribution >= 4 is 18.0 Å². The third kappa shape index (κ3) is 5.79. The number of ether oxygens (including phenoxy) is 1. The highest BCUT2D eigenvalue weighted by molar-refractivity contribution is 5.94. The smallest absolute Gasteiger partial charge is 0.328 e. The minimum atomic E-state index is -1.13. The van der Waals surface area contributed by atoms with E-state index in [4.69, 9.17) is 9.84 Å². The lowest BCUT2D eigenvalue weighted by Crippen LogP contribution is -2.43. The van der Waals surface area contributed by atoms with Crippen LogP contribution in [0.2, 0.25) is 0 Å². The molecule has 2 N–H and O–H groups in total. The Balaban J connectivity index is 2.62. The summed E-state index contributed by atoms with van der Waals surface area (Å²) < 4.78 is 4.74. The van der Waals surface area contributed by atoms with Gasteiger partial charge in [-0.2, -0.15) is 0 Å². The second-order valence-corrected chi connectivity index (χ2v) is 5.01. The molecular weight excluding hydrogens is 270 g/mol. The zero-order valence-electron chi connectivity index (χ0n) is 12.5. The molecule has 5 heteroatoms. The first-order valence-electron chi connectivity index (χ1n) is 6.74. The first-order chi connectivity index (χ1) is 9.93. The molecule has 1 rings (SSSR count). The Hall–Kier alpha value is -2.14. The molecule has 1 aromatic carbocycles. The van der Waals surface area contributed by atoms with Crippen LogP contribution in [0.15, 0.2) is 30.3 Å². The van der Waals surface area contributed by atoms with E-state index in [-0.39, 0.29) is 6.61 Å². The van der Waals surface area contributed by atoms with Crippen LogP contribution in [0.1, 0.15) is 30.9 Å². The Kier molecular flexibility index (Phi) is 6.62. The van der Waals surface area contributed by atoms with E-state index in [0.29, 0.717) is 5.92 Å². The highest BCUT2D eigenvalue weighted by atomic mass is 16.5. The SMILES string of the molecule is COCC(NC(=O)/C=C/c1ccc(C(C)C)cc1)C(=O)O. The molecule has 0 aliphatic rings. The van der Waals surface area contributed by atoms with Crippen molar-refractivity contribution in [2.75, 3.05) is 13.7 Å². The molecule has 21 heavy (non-hydrogen) atoms. The van der Waals surface area contributed by atoms with E-state index in [9.17, 15) is 9.59 Å². The Bertz CT molecular complexity index is 506. The summed E-state index contributed by atoms with van der Waals surface area (Å²) in [6.07, 6.45) is 2.96. The van der Waals surface area contributed by atoms with Gasteiger partial charge >= 0.3 is 5.97 Å². The number of benzene rings is 1. The molecule has 114 valence electrons. The summed E-state index contributed by atoms with van der Waals surface area (Å²) >= 11 is 0. The third-order valence-electron chi connectivity index (χ3n) is 2.98. The highest BCUT2D eigenvalue weighted by Crippen LogP contribution is 2.15. The normalized spacial score (nSPS) is 12.6. The zero-order valence-corrected chi connectivity index (χ0v) is 12.5. The average molecular weight is 291 g/mol. The first-order valence-corrected chi connectivity index (χ1v) is 6.74. The fourth-order valence-corrected chi connectivity index (χ4v) is 1.73. The molecule has 0 radical (unpaired) electrons. The Morgan fingerprint density at radius 3 is 2.38 bits per heavy atom. The Labute approximate surface area is 124 Å². The second-order valence-electron chi connectivity index (χ2n) is 5.01. The second kappa shape index (κ2) is 8.21. The fourth-order valence-electron chi connectivity index (χ4n) is 1.73. The number of carbonyl (C=O) groups is 2. The summed E-state index contributed by atoms with van der Waals surface area (Å²) in [5.74, 6) is -1.14. The van der Waals surface area contributed by atoms with E-state index in [2.05, 4.69) is 19.2 Å². The van der Waals surface area contributed by atoms with Gasteiger partial charge in [-0.15, -0.1) is 0 Å². The molecule has 0 aliphatic heterocycles. The molecule has 1 aromatic rings. The van der Waals surface area contributed by atoms with Gasteiger partial charge in [-0.3, -0.25) is 4.79 Å². The lowest BCUT2D eigenvalue weighted by Gasteiger charge is -2.11. The van der Waals surface area contributed by atoms with Crippen LogP contribution < -0.4 is 5.32 Å². The van der Waals surface area contributed by atoms with Crippen LogP contribution in [-0.2, 0) is 14.3 Å². The number of rotatable bonds is 7. The van der Waals surface area contributed by atoms with Crippen LogP contribution in [0.5, 0.6) is 0 Å². The van der Waals surface area contributed by atoms with E-state index in [0.717, 1.165) is 5.56 Å². The fraction of sp³-hybridized carbons (Fsp3) is 0.375. The molecule has 0 aromatic heterocycles. The van der Waals surface area contributed by atoms with Crippen molar-refractivity contribution in [1.82, 2.24) is 5.32 Å². The van der Waals surface area contributed by atoms with E-state index in [1.54, 1.807) is 6.08 Å². The van der Waals surface area contributed by atoms with E-state index < -0.39 is 17.9 Å². The lowest BCUT2D eigenvalue weighted by molar-refractivity contribution is -0.142. The third-order valence-corrected chi connectivity index (χ3v) is 2.98. The van der Waals surface area contributed by atoms with Gasteiger partial charge in [-0.1, -0.05) is 38.1 Å². The number of carboxylic acid groups (broad SMARTS) is 1. The highest BCUT2D eigenvalue weighted by Gasteiger charge is 2.18. The van der Waals surface area contributed by atoms with Gasteiger partial charge in [0.05, 0.1) is 6.61 Å². The summed E-state index contributed by atoms with van der Waals surface area (Å²) in [5.41, 5.74) is 2.11. The molecule has 0 heterocycles. The molecule has 1 unspecified atom stereocenters. The molecular formula is C16H21NO4. The molecule has 1 atom stereocenters. The van der Waals surface area contributed by atoms with Crippen LogP contribution in [-0.4, -0.2) is 36.7 Å². The lowest BCUT2D eigenvalue weighted by atomic mass is 10.0. The maximum absolute atomic E-state index is 11.7. The topological polar surface area (TPSA) is 75.6 Å². The number of methoxy groups -OCH3 is 1. The molecule has 0 spiro atoms. The standard InChI is InChI=1S/C16H21NO4/c1-11(2)13-7-4-12(5-8-13)6-9-15(18)17-14(10-21-3)16(19)20/h4-9,11,14H,10H2,1-3H3,(H,17,18)(H,19,20)/b9-6+. The van der Waals surface area contributed by atoms with E-state index >= 15 is 0 Å². The van der Waals surface area contributed by atoms with Gasteiger partial charge in [-0.25, -0.2) is 4.79 Å². The van der Waals surface area contributed by atoms with Crippen LogP contribution in [0.4, 0.5) is 0 Å². The van der Waals surface area contributed by atoms with Gasteiger partial charge in [-0.05, 0) is 23.1 Å². The zero-order chi connectivity index (χ0) is 15.8. The number of carbonyl (C=O) groups excluding carboxylic acids is 1. The monoisotopic (exact) mass is 291 g/mol. The summed E-state index contributed by atoms with van der Waals surface area (Å²) in [4.78, 5) is 22.5. The van der Waals surface area contributed by atoms with Gasteiger partial charge in [0.25, 0.3) is 0 Å². The maximum atomic E-state index is 11.7. The quantitative estimate of drug-likeness (QED) is 0.754. The van der Waals surface area contributed by atoms with Crippen molar-refractivity contribution < 1.29 is 19.4 Å². The minimum Gasteiger partial charge on any atom is -0.480 e. The number of carboxylic acids is 1. The molecule has 0 fully saturated rings. The molecule has 0 saturated heterocycles. The van der Waals surface area contributed by atoms with Crippen molar-refractivity contribution in [2.24, 2.45) is 0 Å². The summed E-state index contributed by atoms with van der Waals surface area (Å²) in [6, 6.07) is 6.81. The summed E-state index contributed by atoms with van der Waals surface area (Å²) in [5, 5.41) is 11.3. The van der Waals surface area contributed by atoms with Crippen molar-refractivity contribution in [3.8, 4) is 0 Å². The van der Waals surface area contributed by atoms with Crippen LogP contribution in [0.3, 0.4) is 0 Å². The van der Waals surface area contributed by atoms with Gasteiger partial charge in [0.2, 0.25) is 5.91 Å². The van der Waals surface area contributed by atoms with E-state index in [1.165, 1.54) is 18.7 Å². The van der Waals surface area contributed by atoms with Crippen LogP contribution in [0.25, 0.3) is 6.08 Å². The maximum Gasteiger partial charge on any atom is 0.328 e. The number of amides is 1. The van der Waals surface area contributed by atoms with Crippen LogP contribution >= 0.6 is 0 Å². The minimum absolute atomic E-state index is 0.0714. The Morgan fingerprint density at radius 1 is 1.29 bits per heavy atom. The van der Waals surface area contributed by atoms with Gasteiger partial charge in [0.15, 0.2) is 6.04 Å². The Morgan fingerprint density at radius 2 is 1.90 bits per heavy atom. The molecule has 0 aliphatic carbocycles. The van der Waals surface area contributed by atoms with Crippen LogP contribution in [0, 0.1) is 0 Å². The predicted molar refractivity (Wildman–Crippen MR) is 81.0 cm³/mol. The number of aliphatic carboxylic acids is 1. The molecule has 1 amide bonds. The van der Waals surface area contributed by atoms with Crippen molar-refractivity contribution in [3.05, 3.63) is 41.5 Å².